The largest absolute Gasteiger partial charge is 0.506 e. The molecule has 0 amide bonds. The minimum Gasteiger partial charge on any atom is -0.506 e. The number of carbonyl (C=O) groups is 1. The minimum atomic E-state index is -0.537. The van der Waals surface area contributed by atoms with Gasteiger partial charge in [0, 0.05) is 29.2 Å². The standard InChI is InChI=1S/C31H27N3O3/c1-34-26-18-6-5-14-22(26)30(36)29(31(34)37)27(35)19-9-16-24(20-10-3-2-4-11-20)33-25-17-8-13-21-12-7-15-23(32)28(21)25/h2-15,17-19,24,33,36H,16,32H2,1H3. The summed E-state index contributed by atoms with van der Waals surface area (Å²) in [5, 5.41) is 16.8. The number of pyridine rings is 1. The topological polar surface area (TPSA) is 97.4 Å². The lowest BCUT2D eigenvalue weighted by atomic mass is 10.0. The molecule has 0 radical (unpaired) electrons. The lowest BCUT2D eigenvalue weighted by molar-refractivity contribution is 0.104. The summed E-state index contributed by atoms with van der Waals surface area (Å²) in [7, 11) is 1.59. The van der Waals surface area contributed by atoms with Crippen molar-refractivity contribution in [1.82, 2.24) is 4.57 Å². The van der Waals surface area contributed by atoms with Gasteiger partial charge in [0.2, 0.25) is 0 Å². The van der Waals surface area contributed by atoms with E-state index in [-0.39, 0.29) is 17.4 Å². The number of rotatable bonds is 7. The fourth-order valence-corrected chi connectivity index (χ4v) is 4.74. The van der Waals surface area contributed by atoms with Crippen molar-refractivity contribution in [3.63, 3.8) is 0 Å². The summed E-state index contributed by atoms with van der Waals surface area (Å²) in [6.07, 6.45) is 3.56. The summed E-state index contributed by atoms with van der Waals surface area (Å²) >= 11 is 0. The number of nitrogens with two attached hydrogens (primary N) is 1. The molecule has 5 rings (SSSR count). The van der Waals surface area contributed by atoms with Crippen molar-refractivity contribution in [3.05, 3.63) is 125 Å². The van der Waals surface area contributed by atoms with Crippen LogP contribution in [0.5, 0.6) is 5.75 Å². The number of benzene rings is 4. The second-order valence-corrected chi connectivity index (χ2v) is 8.97. The summed E-state index contributed by atoms with van der Waals surface area (Å²) in [6.45, 7) is 0. The van der Waals surface area contributed by atoms with Crippen LogP contribution in [0.1, 0.15) is 28.4 Å². The van der Waals surface area contributed by atoms with Crippen molar-refractivity contribution in [1.29, 1.82) is 0 Å². The van der Waals surface area contributed by atoms with E-state index in [4.69, 9.17) is 5.73 Å². The molecule has 0 aliphatic rings. The molecule has 0 aliphatic heterocycles. The molecule has 1 aromatic heterocycles. The molecule has 1 heterocycles. The first kappa shape index (κ1) is 23.9. The molecular weight excluding hydrogens is 462 g/mol. The zero-order valence-electron chi connectivity index (χ0n) is 20.4. The van der Waals surface area contributed by atoms with Crippen LogP contribution in [0.3, 0.4) is 0 Å². The first-order chi connectivity index (χ1) is 18.0. The Hall–Kier alpha value is -4.84. The highest BCUT2D eigenvalue weighted by molar-refractivity contribution is 6.09. The average molecular weight is 490 g/mol. The van der Waals surface area contributed by atoms with Crippen molar-refractivity contribution in [2.45, 2.75) is 12.5 Å². The lowest BCUT2D eigenvalue weighted by Crippen LogP contribution is -2.24. The number of hydrogen-bond donors (Lipinski definition) is 3. The summed E-state index contributed by atoms with van der Waals surface area (Å²) in [5.41, 5.74) is 8.71. The number of nitrogen functional groups attached to an aromatic ring is 1. The van der Waals surface area contributed by atoms with Gasteiger partial charge in [-0.15, -0.1) is 0 Å². The number of fused-ring (bicyclic) bond motifs is 2. The molecule has 4 aromatic carbocycles. The monoisotopic (exact) mass is 489 g/mol. The number of allylic oxidation sites excluding steroid dienone is 1. The van der Waals surface area contributed by atoms with Gasteiger partial charge in [0.1, 0.15) is 11.3 Å². The molecule has 6 nitrogen and oxygen atoms in total. The quantitative estimate of drug-likeness (QED) is 0.149. The van der Waals surface area contributed by atoms with Crippen LogP contribution in [-0.4, -0.2) is 15.5 Å². The molecule has 184 valence electrons. The Morgan fingerprint density at radius 3 is 2.46 bits per heavy atom. The van der Waals surface area contributed by atoms with Crippen LogP contribution in [0.4, 0.5) is 11.4 Å². The predicted molar refractivity (Wildman–Crippen MR) is 150 cm³/mol. The van der Waals surface area contributed by atoms with Crippen molar-refractivity contribution >= 4 is 38.8 Å². The van der Waals surface area contributed by atoms with Gasteiger partial charge in [-0.05, 0) is 47.7 Å². The van der Waals surface area contributed by atoms with Gasteiger partial charge >= 0.3 is 0 Å². The molecule has 0 aliphatic carbocycles. The van der Waals surface area contributed by atoms with E-state index < -0.39 is 11.3 Å². The predicted octanol–water partition coefficient (Wildman–Crippen LogP) is 5.96. The minimum absolute atomic E-state index is 0.163. The van der Waals surface area contributed by atoms with Gasteiger partial charge in [0.05, 0.1) is 11.6 Å². The first-order valence-corrected chi connectivity index (χ1v) is 12.1. The highest BCUT2D eigenvalue weighted by Crippen LogP contribution is 2.33. The van der Waals surface area contributed by atoms with E-state index in [0.29, 0.717) is 23.0 Å². The Morgan fingerprint density at radius 1 is 0.973 bits per heavy atom. The summed E-state index contributed by atoms with van der Waals surface area (Å²) in [5.74, 6) is -0.831. The Morgan fingerprint density at radius 2 is 1.68 bits per heavy atom. The lowest BCUT2D eigenvalue weighted by Gasteiger charge is -2.21. The maximum atomic E-state index is 13.1. The van der Waals surface area contributed by atoms with Crippen LogP contribution in [0.25, 0.3) is 21.7 Å². The summed E-state index contributed by atoms with van der Waals surface area (Å²) < 4.78 is 1.38. The molecule has 0 bridgehead atoms. The zero-order chi connectivity index (χ0) is 25.9. The maximum absolute atomic E-state index is 13.1. The second-order valence-electron chi connectivity index (χ2n) is 8.97. The zero-order valence-corrected chi connectivity index (χ0v) is 20.4. The normalized spacial score (nSPS) is 12.2. The molecule has 1 atom stereocenters. The Bertz CT molecular complexity index is 1700. The average Bonchev–Trinajstić information content (AvgIpc) is 2.92. The van der Waals surface area contributed by atoms with Crippen molar-refractivity contribution in [3.8, 4) is 5.75 Å². The molecule has 37 heavy (non-hydrogen) atoms. The van der Waals surface area contributed by atoms with E-state index in [1.54, 1.807) is 37.4 Å². The number of ketones is 1. The number of para-hydroxylation sites is 1. The van der Waals surface area contributed by atoms with Gasteiger partial charge in [-0.25, -0.2) is 0 Å². The van der Waals surface area contributed by atoms with Crippen LogP contribution < -0.4 is 16.6 Å². The SMILES string of the molecule is Cn1c(=O)c(C(=O)C=CCC(Nc2cccc3cccc(N)c23)c2ccccc2)c(O)c2ccccc21. The van der Waals surface area contributed by atoms with Crippen LogP contribution >= 0.6 is 0 Å². The van der Waals surface area contributed by atoms with E-state index in [0.717, 1.165) is 22.0 Å². The third-order valence-corrected chi connectivity index (χ3v) is 6.63. The highest BCUT2D eigenvalue weighted by atomic mass is 16.3. The number of hydrogen-bond acceptors (Lipinski definition) is 5. The molecule has 1 unspecified atom stereocenters. The van der Waals surface area contributed by atoms with Gasteiger partial charge < -0.3 is 20.7 Å². The van der Waals surface area contributed by atoms with E-state index in [1.807, 2.05) is 66.7 Å². The number of carbonyl (C=O) groups excluding carboxylic acids is 1. The number of aryl methyl sites for hydroxylation is 1. The summed E-state index contributed by atoms with van der Waals surface area (Å²) in [4.78, 5) is 26.0. The Kier molecular flexibility index (Phi) is 6.47. The number of anilines is 2. The number of nitrogens with zero attached hydrogens (tertiary/aromatic N) is 1. The number of nitrogens with one attached hydrogen (secondary N) is 1. The van der Waals surface area contributed by atoms with Gasteiger partial charge in [0.25, 0.3) is 5.56 Å². The Balaban J connectivity index is 1.46. The van der Waals surface area contributed by atoms with Crippen LogP contribution in [0.15, 0.2) is 108 Å². The van der Waals surface area contributed by atoms with Crippen molar-refractivity contribution < 1.29 is 9.90 Å². The fraction of sp³-hybridized carbons (Fsp3) is 0.0968. The maximum Gasteiger partial charge on any atom is 0.265 e. The van der Waals surface area contributed by atoms with E-state index >= 15 is 0 Å². The Labute approximate surface area is 214 Å². The van der Waals surface area contributed by atoms with Gasteiger partial charge in [0.15, 0.2) is 5.78 Å². The van der Waals surface area contributed by atoms with Gasteiger partial charge in [-0.1, -0.05) is 72.8 Å². The third kappa shape index (κ3) is 4.57. The molecule has 0 fully saturated rings. The molecule has 0 saturated heterocycles. The molecule has 0 spiro atoms. The summed E-state index contributed by atoms with van der Waals surface area (Å²) in [6, 6.07) is 28.5. The van der Waals surface area contributed by atoms with E-state index in [1.165, 1.54) is 10.6 Å². The molecule has 0 saturated carbocycles. The van der Waals surface area contributed by atoms with Gasteiger partial charge in [-0.2, -0.15) is 0 Å². The van der Waals surface area contributed by atoms with Crippen molar-refractivity contribution in [2.24, 2.45) is 7.05 Å². The number of aromatic hydroxyl groups is 1. The first-order valence-electron chi connectivity index (χ1n) is 12.1. The van der Waals surface area contributed by atoms with Crippen LogP contribution in [0.2, 0.25) is 0 Å². The number of aromatic nitrogens is 1. The van der Waals surface area contributed by atoms with Gasteiger partial charge in [-0.3, -0.25) is 9.59 Å². The molecular formula is C31H27N3O3. The molecule has 4 N–H and O–H groups in total. The third-order valence-electron chi connectivity index (χ3n) is 6.63. The second kappa shape index (κ2) is 10.0. The fourth-order valence-electron chi connectivity index (χ4n) is 4.74. The molecule has 6 heteroatoms. The van der Waals surface area contributed by atoms with E-state index in [2.05, 4.69) is 5.32 Å². The smallest absolute Gasteiger partial charge is 0.265 e. The molecule has 5 aromatic rings. The van der Waals surface area contributed by atoms with Crippen LogP contribution in [-0.2, 0) is 7.05 Å². The highest BCUT2D eigenvalue weighted by Gasteiger charge is 2.19. The van der Waals surface area contributed by atoms with E-state index in [9.17, 15) is 14.7 Å². The van der Waals surface area contributed by atoms with Crippen LogP contribution in [0, 0.1) is 0 Å². The van der Waals surface area contributed by atoms with Crippen molar-refractivity contribution in [2.75, 3.05) is 11.1 Å².